The lowest BCUT2D eigenvalue weighted by atomic mass is 9.95. The van der Waals surface area contributed by atoms with Crippen LogP contribution in [0.1, 0.15) is 0 Å². The third kappa shape index (κ3) is 3.81. The molecule has 0 atom stereocenters. The van der Waals surface area contributed by atoms with Crippen molar-refractivity contribution in [2.75, 3.05) is 0 Å². The van der Waals surface area contributed by atoms with Gasteiger partial charge >= 0.3 is 0 Å². The van der Waals surface area contributed by atoms with Crippen molar-refractivity contribution in [2.24, 2.45) is 0 Å². The van der Waals surface area contributed by atoms with Crippen molar-refractivity contribution in [3.63, 3.8) is 0 Å². The molecular formula is C38H24N2. The van der Waals surface area contributed by atoms with E-state index in [2.05, 4.69) is 126 Å². The molecule has 40 heavy (non-hydrogen) atoms. The number of hydrogen-bond donors (Lipinski definition) is 0. The molecule has 0 bridgehead atoms. The predicted octanol–water partition coefficient (Wildman–Crippen LogP) is 10.1. The average Bonchev–Trinajstić information content (AvgIpc) is 3.04. The molecule has 2 heteroatoms. The Labute approximate surface area is 232 Å². The molecule has 0 spiro atoms. The van der Waals surface area contributed by atoms with E-state index in [4.69, 9.17) is 4.98 Å². The molecular weight excluding hydrogens is 484 g/mol. The first-order valence-corrected chi connectivity index (χ1v) is 13.6. The van der Waals surface area contributed by atoms with Gasteiger partial charge < -0.3 is 0 Å². The number of pyridine rings is 2. The Morgan fingerprint density at radius 2 is 0.825 bits per heavy atom. The van der Waals surface area contributed by atoms with Gasteiger partial charge in [0.05, 0.1) is 11.4 Å². The van der Waals surface area contributed by atoms with E-state index in [0.717, 1.165) is 28.1 Å². The van der Waals surface area contributed by atoms with E-state index in [1.807, 2.05) is 24.5 Å². The second-order valence-corrected chi connectivity index (χ2v) is 10.3. The predicted molar refractivity (Wildman–Crippen MR) is 168 cm³/mol. The summed E-state index contributed by atoms with van der Waals surface area (Å²) < 4.78 is 0. The second-order valence-electron chi connectivity index (χ2n) is 10.3. The minimum Gasteiger partial charge on any atom is -0.265 e. The van der Waals surface area contributed by atoms with Gasteiger partial charge in [-0.05, 0) is 90.6 Å². The van der Waals surface area contributed by atoms with Crippen molar-refractivity contribution in [1.29, 1.82) is 0 Å². The molecule has 6 aromatic carbocycles. The standard InChI is InChI=1S/C38H24N2/c1-3-7-33-25(5-1)9-11-29-21-28(13-15-35(29)33)32-23-37(27-17-19-39-20-18-27)40-38(24-32)31-14-16-36-30(22-31)12-10-26-6-2-4-8-34(26)36/h1-24H. The van der Waals surface area contributed by atoms with Gasteiger partial charge in [0, 0.05) is 23.5 Å². The van der Waals surface area contributed by atoms with Gasteiger partial charge in [-0.25, -0.2) is 4.98 Å². The van der Waals surface area contributed by atoms with Crippen LogP contribution in [0.5, 0.6) is 0 Å². The van der Waals surface area contributed by atoms with Crippen molar-refractivity contribution in [1.82, 2.24) is 9.97 Å². The molecule has 0 saturated carbocycles. The van der Waals surface area contributed by atoms with Crippen LogP contribution in [0.15, 0.2) is 146 Å². The summed E-state index contributed by atoms with van der Waals surface area (Å²) in [5.41, 5.74) is 6.37. The molecule has 0 amide bonds. The highest BCUT2D eigenvalue weighted by molar-refractivity contribution is 6.09. The first-order valence-electron chi connectivity index (χ1n) is 13.6. The minimum atomic E-state index is 0.937. The molecule has 0 fully saturated rings. The van der Waals surface area contributed by atoms with E-state index in [1.54, 1.807) is 0 Å². The van der Waals surface area contributed by atoms with Crippen LogP contribution in [0.2, 0.25) is 0 Å². The lowest BCUT2D eigenvalue weighted by molar-refractivity contribution is 1.29. The first kappa shape index (κ1) is 22.6. The van der Waals surface area contributed by atoms with Gasteiger partial charge in [-0.1, -0.05) is 97.1 Å². The van der Waals surface area contributed by atoms with E-state index in [0.29, 0.717) is 0 Å². The Hall–Kier alpha value is -5.34. The molecule has 8 rings (SSSR count). The smallest absolute Gasteiger partial charge is 0.0716 e. The summed E-state index contributed by atoms with van der Waals surface area (Å²) in [6, 6.07) is 47.9. The SMILES string of the molecule is c1ccc2c(c1)ccc1cc(-c3cc(-c4ccncc4)nc(-c4ccc5c(ccc6ccccc65)c4)c3)ccc12. The molecule has 0 radical (unpaired) electrons. The van der Waals surface area contributed by atoms with Gasteiger partial charge in [0.25, 0.3) is 0 Å². The number of hydrogen-bond acceptors (Lipinski definition) is 2. The van der Waals surface area contributed by atoms with Crippen LogP contribution in [-0.2, 0) is 0 Å². The molecule has 186 valence electrons. The Kier molecular flexibility index (Phi) is 5.17. The Morgan fingerprint density at radius 3 is 1.48 bits per heavy atom. The number of fused-ring (bicyclic) bond motifs is 6. The average molecular weight is 509 g/mol. The zero-order valence-corrected chi connectivity index (χ0v) is 21.8. The molecule has 0 aliphatic carbocycles. The van der Waals surface area contributed by atoms with Gasteiger partial charge in [-0.15, -0.1) is 0 Å². The van der Waals surface area contributed by atoms with Crippen LogP contribution in [-0.4, -0.2) is 9.97 Å². The van der Waals surface area contributed by atoms with E-state index in [-0.39, 0.29) is 0 Å². The van der Waals surface area contributed by atoms with Gasteiger partial charge in [0.15, 0.2) is 0 Å². The fraction of sp³-hybridized carbons (Fsp3) is 0. The summed E-state index contributed by atoms with van der Waals surface area (Å²) in [4.78, 5) is 9.37. The Balaban J connectivity index is 1.32. The fourth-order valence-electron chi connectivity index (χ4n) is 5.88. The summed E-state index contributed by atoms with van der Waals surface area (Å²) in [6.45, 7) is 0. The quantitative estimate of drug-likeness (QED) is 0.222. The molecule has 0 saturated heterocycles. The lowest BCUT2D eigenvalue weighted by Crippen LogP contribution is -1.92. The maximum absolute atomic E-state index is 5.14. The Morgan fingerprint density at radius 1 is 0.325 bits per heavy atom. The summed E-state index contributed by atoms with van der Waals surface area (Å²) in [5.74, 6) is 0. The van der Waals surface area contributed by atoms with Crippen LogP contribution < -0.4 is 0 Å². The number of rotatable bonds is 3. The number of benzene rings is 6. The Bertz CT molecular complexity index is 2080. The third-order valence-electron chi connectivity index (χ3n) is 7.92. The topological polar surface area (TPSA) is 25.8 Å². The number of aromatic nitrogens is 2. The van der Waals surface area contributed by atoms with Crippen LogP contribution in [0.25, 0.3) is 76.7 Å². The largest absolute Gasteiger partial charge is 0.265 e. The third-order valence-corrected chi connectivity index (χ3v) is 7.92. The van der Waals surface area contributed by atoms with Crippen LogP contribution in [0.3, 0.4) is 0 Å². The molecule has 8 aromatic rings. The summed E-state index contributed by atoms with van der Waals surface area (Å²) in [6.07, 6.45) is 3.65. The highest BCUT2D eigenvalue weighted by atomic mass is 14.7. The van der Waals surface area contributed by atoms with Crippen LogP contribution >= 0.6 is 0 Å². The van der Waals surface area contributed by atoms with Gasteiger partial charge in [-0.2, -0.15) is 0 Å². The van der Waals surface area contributed by atoms with Crippen LogP contribution in [0.4, 0.5) is 0 Å². The molecule has 0 N–H and O–H groups in total. The molecule has 2 aromatic heterocycles. The van der Waals surface area contributed by atoms with Gasteiger partial charge in [-0.3, -0.25) is 4.98 Å². The fourth-order valence-corrected chi connectivity index (χ4v) is 5.88. The summed E-state index contributed by atoms with van der Waals surface area (Å²) in [7, 11) is 0. The monoisotopic (exact) mass is 508 g/mol. The van der Waals surface area contributed by atoms with Crippen LogP contribution in [0, 0.1) is 0 Å². The van der Waals surface area contributed by atoms with Crippen molar-refractivity contribution < 1.29 is 0 Å². The molecule has 2 nitrogen and oxygen atoms in total. The zero-order valence-electron chi connectivity index (χ0n) is 21.8. The normalized spacial score (nSPS) is 11.5. The first-order chi connectivity index (χ1) is 19.8. The van der Waals surface area contributed by atoms with Crippen molar-refractivity contribution >= 4 is 43.1 Å². The molecule has 0 aliphatic heterocycles. The highest BCUT2D eigenvalue weighted by Crippen LogP contribution is 2.35. The minimum absolute atomic E-state index is 0.937. The van der Waals surface area contributed by atoms with E-state index < -0.39 is 0 Å². The lowest BCUT2D eigenvalue weighted by Gasteiger charge is -2.12. The molecule has 0 unspecified atom stereocenters. The second kappa shape index (κ2) is 9.14. The maximum Gasteiger partial charge on any atom is 0.0716 e. The molecule has 0 aliphatic rings. The van der Waals surface area contributed by atoms with E-state index >= 15 is 0 Å². The summed E-state index contributed by atoms with van der Waals surface area (Å²) in [5, 5.41) is 10.0. The van der Waals surface area contributed by atoms with Crippen molar-refractivity contribution in [3.05, 3.63) is 146 Å². The van der Waals surface area contributed by atoms with E-state index in [9.17, 15) is 0 Å². The molecule has 2 heterocycles. The van der Waals surface area contributed by atoms with Gasteiger partial charge in [0.1, 0.15) is 0 Å². The highest BCUT2D eigenvalue weighted by Gasteiger charge is 2.11. The zero-order chi connectivity index (χ0) is 26.5. The van der Waals surface area contributed by atoms with Gasteiger partial charge in [0.2, 0.25) is 0 Å². The summed E-state index contributed by atoms with van der Waals surface area (Å²) >= 11 is 0. The number of nitrogens with zero attached hydrogens (tertiary/aromatic N) is 2. The van der Waals surface area contributed by atoms with Crippen molar-refractivity contribution in [3.8, 4) is 33.6 Å². The maximum atomic E-state index is 5.14. The van der Waals surface area contributed by atoms with Crippen molar-refractivity contribution in [2.45, 2.75) is 0 Å². The van der Waals surface area contributed by atoms with E-state index in [1.165, 1.54) is 48.7 Å².